The fourth-order valence-corrected chi connectivity index (χ4v) is 2.46. The number of benzene rings is 1. The van der Waals surface area contributed by atoms with E-state index in [0.717, 1.165) is 19.5 Å². The summed E-state index contributed by atoms with van der Waals surface area (Å²) in [5.41, 5.74) is 1.30. The molecule has 2 nitrogen and oxygen atoms in total. The summed E-state index contributed by atoms with van der Waals surface area (Å²) in [6, 6.07) is 5.00. The molecule has 0 radical (unpaired) electrons. The minimum absolute atomic E-state index is 0.105. The van der Waals surface area contributed by atoms with Gasteiger partial charge in [0.2, 0.25) is 0 Å². The van der Waals surface area contributed by atoms with Crippen LogP contribution in [0.4, 0.5) is 10.1 Å². The van der Waals surface area contributed by atoms with Gasteiger partial charge in [0.25, 0.3) is 0 Å². The monoisotopic (exact) mass is 237 g/mol. The highest BCUT2D eigenvalue weighted by atomic mass is 19.1. The standard InChI is InChI=1S/C14H20FNO/c1-10(2)12-5-6-16(8-12)14-4-3-11(9-17)7-13(14)15/h3-4,7,10,12,17H,5-6,8-9H2,1-2H3. The second-order valence-electron chi connectivity index (χ2n) is 5.18. The number of aliphatic hydroxyl groups excluding tert-OH is 1. The van der Waals surface area contributed by atoms with Crippen molar-refractivity contribution in [1.82, 2.24) is 0 Å². The van der Waals surface area contributed by atoms with Crippen LogP contribution >= 0.6 is 0 Å². The summed E-state index contributed by atoms with van der Waals surface area (Å²) < 4.78 is 13.9. The molecule has 1 aliphatic heterocycles. The average molecular weight is 237 g/mol. The lowest BCUT2D eigenvalue weighted by Gasteiger charge is -2.21. The first-order chi connectivity index (χ1) is 8.11. The van der Waals surface area contributed by atoms with E-state index < -0.39 is 0 Å². The second-order valence-corrected chi connectivity index (χ2v) is 5.18. The van der Waals surface area contributed by atoms with Crippen molar-refractivity contribution in [2.45, 2.75) is 26.9 Å². The van der Waals surface area contributed by atoms with Gasteiger partial charge >= 0.3 is 0 Å². The molecule has 0 saturated carbocycles. The van der Waals surface area contributed by atoms with Crippen LogP contribution in [0.2, 0.25) is 0 Å². The lowest BCUT2D eigenvalue weighted by molar-refractivity contribution is 0.281. The largest absolute Gasteiger partial charge is 0.392 e. The summed E-state index contributed by atoms with van der Waals surface area (Å²) >= 11 is 0. The maximum absolute atomic E-state index is 13.9. The number of halogens is 1. The van der Waals surface area contributed by atoms with Crippen LogP contribution in [0.5, 0.6) is 0 Å². The highest BCUT2D eigenvalue weighted by Crippen LogP contribution is 2.30. The Morgan fingerprint density at radius 2 is 2.24 bits per heavy atom. The van der Waals surface area contributed by atoms with Crippen molar-refractivity contribution in [3.63, 3.8) is 0 Å². The molecule has 1 atom stereocenters. The lowest BCUT2D eigenvalue weighted by Crippen LogP contribution is -2.22. The van der Waals surface area contributed by atoms with Crippen LogP contribution in [-0.2, 0) is 6.61 Å². The van der Waals surface area contributed by atoms with Gasteiger partial charge in [0.05, 0.1) is 12.3 Å². The molecule has 1 N–H and O–H groups in total. The van der Waals surface area contributed by atoms with E-state index in [4.69, 9.17) is 5.11 Å². The Morgan fingerprint density at radius 1 is 1.47 bits per heavy atom. The smallest absolute Gasteiger partial charge is 0.146 e. The summed E-state index contributed by atoms with van der Waals surface area (Å²) in [5, 5.41) is 8.95. The molecule has 0 amide bonds. The van der Waals surface area contributed by atoms with Crippen molar-refractivity contribution in [3.8, 4) is 0 Å². The minimum Gasteiger partial charge on any atom is -0.392 e. The Bertz CT molecular complexity index is 392. The van der Waals surface area contributed by atoms with Crippen LogP contribution in [-0.4, -0.2) is 18.2 Å². The van der Waals surface area contributed by atoms with Gasteiger partial charge in [0.1, 0.15) is 5.82 Å². The lowest BCUT2D eigenvalue weighted by atomic mass is 9.95. The number of hydrogen-bond donors (Lipinski definition) is 1. The van der Waals surface area contributed by atoms with E-state index in [0.29, 0.717) is 23.1 Å². The average Bonchev–Trinajstić information content (AvgIpc) is 2.78. The van der Waals surface area contributed by atoms with Crippen LogP contribution in [0.25, 0.3) is 0 Å². The number of aliphatic hydroxyl groups is 1. The van der Waals surface area contributed by atoms with Gasteiger partial charge in [0, 0.05) is 13.1 Å². The quantitative estimate of drug-likeness (QED) is 0.873. The molecule has 2 rings (SSSR count). The van der Waals surface area contributed by atoms with Crippen LogP contribution < -0.4 is 4.90 Å². The van der Waals surface area contributed by atoms with E-state index >= 15 is 0 Å². The highest BCUT2D eigenvalue weighted by Gasteiger charge is 2.26. The van der Waals surface area contributed by atoms with Crippen LogP contribution in [0.3, 0.4) is 0 Å². The molecular formula is C14H20FNO. The molecule has 0 spiro atoms. The Morgan fingerprint density at radius 3 is 2.76 bits per heavy atom. The van der Waals surface area contributed by atoms with Gasteiger partial charge in [-0.05, 0) is 36.0 Å². The summed E-state index contributed by atoms with van der Waals surface area (Å²) in [5.74, 6) is 1.09. The summed E-state index contributed by atoms with van der Waals surface area (Å²) in [4.78, 5) is 2.11. The Hall–Kier alpha value is -1.09. The van der Waals surface area contributed by atoms with Crippen molar-refractivity contribution >= 4 is 5.69 Å². The molecule has 1 unspecified atom stereocenters. The highest BCUT2D eigenvalue weighted by molar-refractivity contribution is 5.50. The fraction of sp³-hybridized carbons (Fsp3) is 0.571. The maximum Gasteiger partial charge on any atom is 0.146 e. The van der Waals surface area contributed by atoms with Gasteiger partial charge in [-0.3, -0.25) is 0 Å². The van der Waals surface area contributed by atoms with Gasteiger partial charge in [-0.1, -0.05) is 19.9 Å². The van der Waals surface area contributed by atoms with Crippen LogP contribution in [0.1, 0.15) is 25.8 Å². The van der Waals surface area contributed by atoms with Gasteiger partial charge in [0.15, 0.2) is 0 Å². The third-order valence-corrected chi connectivity index (χ3v) is 3.70. The maximum atomic E-state index is 13.9. The van der Waals surface area contributed by atoms with E-state index in [9.17, 15) is 4.39 Å². The number of rotatable bonds is 3. The van der Waals surface area contributed by atoms with Gasteiger partial charge in [-0.25, -0.2) is 4.39 Å². The van der Waals surface area contributed by atoms with Crippen molar-refractivity contribution < 1.29 is 9.50 Å². The van der Waals surface area contributed by atoms with Crippen molar-refractivity contribution in [2.75, 3.05) is 18.0 Å². The molecule has 1 aromatic carbocycles. The number of anilines is 1. The fourth-order valence-electron chi connectivity index (χ4n) is 2.46. The predicted octanol–water partition coefficient (Wildman–Crippen LogP) is 2.80. The zero-order valence-electron chi connectivity index (χ0n) is 10.5. The number of hydrogen-bond acceptors (Lipinski definition) is 2. The first-order valence-corrected chi connectivity index (χ1v) is 6.26. The third-order valence-electron chi connectivity index (χ3n) is 3.70. The first-order valence-electron chi connectivity index (χ1n) is 6.26. The van der Waals surface area contributed by atoms with Crippen molar-refractivity contribution in [3.05, 3.63) is 29.6 Å². The zero-order valence-corrected chi connectivity index (χ0v) is 10.5. The predicted molar refractivity (Wildman–Crippen MR) is 67.5 cm³/mol. The van der Waals surface area contributed by atoms with Gasteiger partial charge in [-0.15, -0.1) is 0 Å². The Kier molecular flexibility index (Phi) is 3.67. The molecule has 0 bridgehead atoms. The molecule has 1 heterocycles. The van der Waals surface area contributed by atoms with Crippen LogP contribution in [0, 0.1) is 17.7 Å². The summed E-state index contributed by atoms with van der Waals surface area (Å²) in [7, 11) is 0. The van der Waals surface area contributed by atoms with Gasteiger partial charge < -0.3 is 10.0 Å². The van der Waals surface area contributed by atoms with E-state index in [1.807, 2.05) is 0 Å². The summed E-state index contributed by atoms with van der Waals surface area (Å²) in [6.07, 6.45) is 1.14. The van der Waals surface area contributed by atoms with Crippen LogP contribution in [0.15, 0.2) is 18.2 Å². The zero-order chi connectivity index (χ0) is 12.4. The number of nitrogens with zero attached hydrogens (tertiary/aromatic N) is 1. The van der Waals surface area contributed by atoms with Gasteiger partial charge in [-0.2, -0.15) is 0 Å². The Balaban J connectivity index is 2.13. The molecule has 17 heavy (non-hydrogen) atoms. The Labute approximate surface area is 102 Å². The molecule has 3 heteroatoms. The van der Waals surface area contributed by atoms with E-state index in [1.54, 1.807) is 12.1 Å². The van der Waals surface area contributed by atoms with E-state index in [2.05, 4.69) is 18.7 Å². The second kappa shape index (κ2) is 5.05. The molecule has 1 aliphatic rings. The van der Waals surface area contributed by atoms with E-state index in [1.165, 1.54) is 6.07 Å². The van der Waals surface area contributed by atoms with Crippen molar-refractivity contribution in [2.24, 2.45) is 11.8 Å². The van der Waals surface area contributed by atoms with Crippen molar-refractivity contribution in [1.29, 1.82) is 0 Å². The normalized spacial score (nSPS) is 20.3. The molecule has 1 aromatic rings. The molecule has 0 aromatic heterocycles. The minimum atomic E-state index is -0.221. The SMILES string of the molecule is CC(C)C1CCN(c2ccc(CO)cc2F)C1. The third kappa shape index (κ3) is 2.60. The summed E-state index contributed by atoms with van der Waals surface area (Å²) in [6.45, 7) is 6.20. The molecular weight excluding hydrogens is 217 g/mol. The molecule has 94 valence electrons. The molecule has 1 saturated heterocycles. The first kappa shape index (κ1) is 12.4. The molecule has 0 aliphatic carbocycles. The molecule has 1 fully saturated rings. The topological polar surface area (TPSA) is 23.5 Å². The van der Waals surface area contributed by atoms with E-state index in [-0.39, 0.29) is 12.4 Å².